The van der Waals surface area contributed by atoms with E-state index in [9.17, 15) is 9.59 Å². The third-order valence-corrected chi connectivity index (χ3v) is 7.35. The third-order valence-electron chi connectivity index (χ3n) is 6.61. The predicted molar refractivity (Wildman–Crippen MR) is 156 cm³/mol. The summed E-state index contributed by atoms with van der Waals surface area (Å²) in [6.07, 6.45) is 5.71. The maximum Gasteiger partial charge on any atom is 0.325 e. The number of ether oxygens (including phenoxy) is 1. The molecule has 0 radical (unpaired) electrons. The van der Waals surface area contributed by atoms with Gasteiger partial charge in [0.2, 0.25) is 0 Å². The van der Waals surface area contributed by atoms with Crippen molar-refractivity contribution in [3.63, 3.8) is 0 Å². The second-order valence-electron chi connectivity index (χ2n) is 9.29. The second-order valence-corrected chi connectivity index (χ2v) is 10.6. The maximum atomic E-state index is 12.9. The highest BCUT2D eigenvalue weighted by Gasteiger charge is 2.28. The number of rotatable bonds is 7. The van der Waals surface area contributed by atoms with Crippen molar-refractivity contribution in [2.24, 2.45) is 5.73 Å². The Bertz CT molecular complexity index is 1570. The van der Waals surface area contributed by atoms with E-state index < -0.39 is 6.03 Å². The number of nitrogens with two attached hydrogens (primary N) is 1. The number of carbonyl (C=O) groups excluding carboxylic acids is 2. The highest BCUT2D eigenvalue weighted by atomic mass is 35.5. The van der Waals surface area contributed by atoms with Crippen LogP contribution in [-0.2, 0) is 0 Å². The SMILES string of the molecule is CNC(=O)c1cc(Oc2ccc(N(C(N)=O)c3cc(C4CCCC4)nn3-c3cc(Cl)cc(Cl)c3)c(Cl)c2)ccn1. The molecule has 40 heavy (non-hydrogen) atoms. The van der Waals surface area contributed by atoms with Crippen molar-refractivity contribution in [3.8, 4) is 17.2 Å². The minimum absolute atomic E-state index is 0.204. The fraction of sp³-hybridized carbons (Fsp3) is 0.214. The maximum absolute atomic E-state index is 12.9. The summed E-state index contributed by atoms with van der Waals surface area (Å²) in [6.45, 7) is 0. The van der Waals surface area contributed by atoms with Crippen LogP contribution in [0.3, 0.4) is 0 Å². The lowest BCUT2D eigenvalue weighted by Crippen LogP contribution is -2.33. The minimum atomic E-state index is -0.757. The first kappa shape index (κ1) is 27.8. The number of nitrogens with one attached hydrogen (secondary N) is 1. The molecular weight excluding hydrogens is 575 g/mol. The summed E-state index contributed by atoms with van der Waals surface area (Å²) in [6, 6.07) is 14.1. The van der Waals surface area contributed by atoms with Gasteiger partial charge in [-0.3, -0.25) is 9.78 Å². The molecule has 5 rings (SSSR count). The number of pyridine rings is 1. The Morgan fingerprint density at radius 2 is 1.70 bits per heavy atom. The molecule has 0 aliphatic heterocycles. The molecule has 12 heteroatoms. The standard InChI is InChI=1S/C28H25Cl3N6O3/c1-33-27(38)24-14-21(8-9-34-24)40-20-6-7-25(22(31)13-20)36(28(32)39)26-15-23(16-4-2-3-5-16)35-37(26)19-11-17(29)10-18(30)12-19/h6-16H,2-5H2,1H3,(H2,32,39)(H,33,38). The van der Waals surface area contributed by atoms with Gasteiger partial charge in [-0.15, -0.1) is 0 Å². The van der Waals surface area contributed by atoms with E-state index in [1.807, 2.05) is 6.07 Å². The lowest BCUT2D eigenvalue weighted by Gasteiger charge is -2.23. The number of hydrogen-bond acceptors (Lipinski definition) is 5. The summed E-state index contributed by atoms with van der Waals surface area (Å²) in [4.78, 5) is 30.2. The van der Waals surface area contributed by atoms with Gasteiger partial charge >= 0.3 is 6.03 Å². The first-order chi connectivity index (χ1) is 19.2. The molecule has 3 N–H and O–H groups in total. The molecule has 3 amide bonds. The Morgan fingerprint density at radius 3 is 2.35 bits per heavy atom. The number of carbonyl (C=O) groups is 2. The quantitative estimate of drug-likeness (QED) is 0.232. The molecule has 0 unspecified atom stereocenters. The summed E-state index contributed by atoms with van der Waals surface area (Å²) < 4.78 is 7.51. The summed E-state index contributed by atoms with van der Waals surface area (Å²) in [5.74, 6) is 1.09. The van der Waals surface area contributed by atoms with Gasteiger partial charge in [-0.2, -0.15) is 5.10 Å². The van der Waals surface area contributed by atoms with E-state index >= 15 is 0 Å². The number of anilines is 2. The molecule has 4 aromatic rings. The Kier molecular flexibility index (Phi) is 8.16. The number of amides is 3. The smallest absolute Gasteiger partial charge is 0.325 e. The van der Waals surface area contributed by atoms with Crippen LogP contribution in [0.4, 0.5) is 16.3 Å². The molecule has 0 bridgehead atoms. The largest absolute Gasteiger partial charge is 0.457 e. The van der Waals surface area contributed by atoms with Crippen LogP contribution < -0.4 is 20.7 Å². The van der Waals surface area contributed by atoms with E-state index in [0.717, 1.165) is 31.4 Å². The van der Waals surface area contributed by atoms with Crippen LogP contribution in [0, 0.1) is 0 Å². The molecule has 2 aromatic carbocycles. The van der Waals surface area contributed by atoms with E-state index in [0.29, 0.717) is 38.7 Å². The van der Waals surface area contributed by atoms with Crippen LogP contribution in [0.25, 0.3) is 5.69 Å². The van der Waals surface area contributed by atoms with Crippen molar-refractivity contribution in [1.29, 1.82) is 0 Å². The minimum Gasteiger partial charge on any atom is -0.457 e. The molecule has 1 saturated carbocycles. The molecule has 206 valence electrons. The van der Waals surface area contributed by atoms with Crippen LogP contribution in [0.15, 0.2) is 60.8 Å². The van der Waals surface area contributed by atoms with Gasteiger partial charge in [-0.1, -0.05) is 47.6 Å². The monoisotopic (exact) mass is 598 g/mol. The molecule has 1 aliphatic rings. The molecule has 0 spiro atoms. The zero-order chi connectivity index (χ0) is 28.4. The number of halogens is 3. The van der Waals surface area contributed by atoms with E-state index in [2.05, 4.69) is 10.3 Å². The van der Waals surface area contributed by atoms with Crippen LogP contribution in [0.2, 0.25) is 15.1 Å². The van der Waals surface area contributed by atoms with Gasteiger partial charge in [0.25, 0.3) is 5.91 Å². The average molecular weight is 600 g/mol. The van der Waals surface area contributed by atoms with E-state index in [4.69, 9.17) is 50.4 Å². The molecule has 1 fully saturated rings. The van der Waals surface area contributed by atoms with Crippen LogP contribution >= 0.6 is 34.8 Å². The zero-order valence-corrected chi connectivity index (χ0v) is 23.7. The highest BCUT2D eigenvalue weighted by molar-refractivity contribution is 6.35. The molecular formula is C28H25Cl3N6O3. The predicted octanol–water partition coefficient (Wildman–Crippen LogP) is 7.25. The fourth-order valence-electron chi connectivity index (χ4n) is 4.77. The number of nitrogens with zero attached hydrogens (tertiary/aromatic N) is 4. The number of benzene rings is 2. The molecule has 9 nitrogen and oxygen atoms in total. The Morgan fingerprint density at radius 1 is 1.00 bits per heavy atom. The van der Waals surface area contributed by atoms with Gasteiger partial charge in [0.1, 0.15) is 23.0 Å². The fourth-order valence-corrected chi connectivity index (χ4v) is 5.54. The third kappa shape index (κ3) is 5.86. The van der Waals surface area contributed by atoms with Crippen molar-refractivity contribution in [2.45, 2.75) is 31.6 Å². The van der Waals surface area contributed by atoms with Crippen LogP contribution in [0.1, 0.15) is 47.8 Å². The summed E-state index contributed by atoms with van der Waals surface area (Å²) in [5, 5.41) is 8.42. The van der Waals surface area contributed by atoms with E-state index in [1.54, 1.807) is 47.1 Å². The van der Waals surface area contributed by atoms with Gasteiger partial charge in [-0.25, -0.2) is 14.4 Å². The number of aromatic nitrogens is 3. The van der Waals surface area contributed by atoms with Gasteiger partial charge in [0.05, 0.1) is 22.1 Å². The summed E-state index contributed by atoms with van der Waals surface area (Å²) >= 11 is 19.3. The zero-order valence-electron chi connectivity index (χ0n) is 21.4. The van der Waals surface area contributed by atoms with Gasteiger partial charge in [-0.05, 0) is 49.2 Å². The normalized spacial score (nSPS) is 13.3. The Hall–Kier alpha value is -3.79. The van der Waals surface area contributed by atoms with Gasteiger partial charge < -0.3 is 15.8 Å². The first-order valence-electron chi connectivity index (χ1n) is 12.5. The lowest BCUT2D eigenvalue weighted by atomic mass is 10.0. The van der Waals surface area contributed by atoms with E-state index in [-0.39, 0.29) is 22.5 Å². The van der Waals surface area contributed by atoms with Gasteiger partial charge in [0, 0.05) is 47.4 Å². The molecule has 2 aromatic heterocycles. The Balaban J connectivity index is 1.54. The topological polar surface area (TPSA) is 115 Å². The number of primary amides is 1. The average Bonchev–Trinajstić information content (AvgIpc) is 3.60. The van der Waals surface area contributed by atoms with Crippen molar-refractivity contribution in [1.82, 2.24) is 20.1 Å². The number of hydrogen-bond donors (Lipinski definition) is 2. The molecule has 1 aliphatic carbocycles. The second kappa shape index (κ2) is 11.8. The van der Waals surface area contributed by atoms with E-state index in [1.165, 1.54) is 24.2 Å². The summed E-state index contributed by atoms with van der Waals surface area (Å²) in [7, 11) is 1.52. The Labute approximate surface area is 245 Å². The summed E-state index contributed by atoms with van der Waals surface area (Å²) in [5.41, 5.74) is 7.87. The first-order valence-corrected chi connectivity index (χ1v) is 13.7. The van der Waals surface area contributed by atoms with Crippen LogP contribution in [0.5, 0.6) is 11.5 Å². The van der Waals surface area contributed by atoms with Gasteiger partial charge in [0.15, 0.2) is 0 Å². The molecule has 2 heterocycles. The molecule has 0 atom stereocenters. The van der Waals surface area contributed by atoms with Crippen molar-refractivity contribution in [3.05, 3.63) is 87.2 Å². The van der Waals surface area contributed by atoms with Crippen molar-refractivity contribution < 1.29 is 14.3 Å². The van der Waals surface area contributed by atoms with Crippen molar-refractivity contribution >= 4 is 58.2 Å². The molecule has 0 saturated heterocycles. The van der Waals surface area contributed by atoms with Crippen LogP contribution in [-0.4, -0.2) is 33.8 Å². The highest BCUT2D eigenvalue weighted by Crippen LogP contribution is 2.40. The number of urea groups is 1. The van der Waals surface area contributed by atoms with Crippen molar-refractivity contribution in [2.75, 3.05) is 11.9 Å². The lowest BCUT2D eigenvalue weighted by molar-refractivity contribution is 0.0958.